The number of nitrogens with one attached hydrogen (secondary N) is 1. The number of carbonyl (C=O) groups is 1. The predicted octanol–water partition coefficient (Wildman–Crippen LogP) is 3.16. The van der Waals surface area contributed by atoms with Gasteiger partial charge in [-0.1, -0.05) is 0 Å². The van der Waals surface area contributed by atoms with Gasteiger partial charge in [0, 0.05) is 12.1 Å². The molecule has 0 aromatic carbocycles. The van der Waals surface area contributed by atoms with Gasteiger partial charge in [-0.2, -0.15) is 0 Å². The van der Waals surface area contributed by atoms with E-state index in [9.17, 15) is 4.79 Å². The summed E-state index contributed by atoms with van der Waals surface area (Å²) < 4.78 is 1.74. The number of hydrogen-bond donors (Lipinski definition) is 2. The van der Waals surface area contributed by atoms with Crippen molar-refractivity contribution in [3.63, 3.8) is 0 Å². The molecule has 0 spiro atoms. The molecule has 92 valence electrons. The Morgan fingerprint density at radius 1 is 1.56 bits per heavy atom. The third-order valence-corrected chi connectivity index (χ3v) is 3.95. The van der Waals surface area contributed by atoms with Gasteiger partial charge in [-0.3, -0.25) is 4.79 Å². The second-order valence-electron chi connectivity index (χ2n) is 3.91. The molecule has 3 N–H and O–H groups in total. The highest BCUT2D eigenvalue weighted by atomic mass is 79.9. The SMILES string of the molecule is CC(C)(N)CNC(=O)c1cc(Br)sc1Br.Cl. The highest BCUT2D eigenvalue weighted by Crippen LogP contribution is 2.31. The molecule has 1 aromatic rings. The summed E-state index contributed by atoms with van der Waals surface area (Å²) >= 11 is 8.13. The summed E-state index contributed by atoms with van der Waals surface area (Å²) in [6, 6.07) is 1.79. The molecule has 0 aliphatic carbocycles. The summed E-state index contributed by atoms with van der Waals surface area (Å²) in [6.07, 6.45) is 0. The van der Waals surface area contributed by atoms with Crippen molar-refractivity contribution in [1.29, 1.82) is 0 Å². The van der Waals surface area contributed by atoms with Crippen molar-refractivity contribution in [2.75, 3.05) is 6.54 Å². The molecule has 0 aliphatic rings. The maximum absolute atomic E-state index is 11.7. The first-order valence-corrected chi connectivity index (χ1v) is 6.72. The molecule has 3 nitrogen and oxygen atoms in total. The van der Waals surface area contributed by atoms with E-state index in [1.165, 1.54) is 11.3 Å². The molecule has 0 saturated carbocycles. The van der Waals surface area contributed by atoms with E-state index in [0.29, 0.717) is 12.1 Å². The van der Waals surface area contributed by atoms with Crippen LogP contribution in [0.4, 0.5) is 0 Å². The fraction of sp³-hybridized carbons (Fsp3) is 0.444. The molecule has 0 fully saturated rings. The number of halogens is 3. The van der Waals surface area contributed by atoms with Crippen LogP contribution in [0, 0.1) is 0 Å². The quantitative estimate of drug-likeness (QED) is 0.830. The van der Waals surface area contributed by atoms with Crippen LogP contribution < -0.4 is 11.1 Å². The maximum atomic E-state index is 11.7. The van der Waals surface area contributed by atoms with Crippen LogP contribution in [0.2, 0.25) is 0 Å². The van der Waals surface area contributed by atoms with Crippen LogP contribution in [0.25, 0.3) is 0 Å². The number of nitrogens with two attached hydrogens (primary N) is 1. The topological polar surface area (TPSA) is 55.1 Å². The largest absolute Gasteiger partial charge is 0.350 e. The minimum absolute atomic E-state index is 0. The summed E-state index contributed by atoms with van der Waals surface area (Å²) in [5.41, 5.74) is 6.01. The third-order valence-electron chi connectivity index (χ3n) is 1.61. The summed E-state index contributed by atoms with van der Waals surface area (Å²) in [4.78, 5) is 11.7. The second-order valence-corrected chi connectivity index (χ2v) is 7.66. The van der Waals surface area contributed by atoms with Crippen molar-refractivity contribution in [3.8, 4) is 0 Å². The maximum Gasteiger partial charge on any atom is 0.253 e. The minimum Gasteiger partial charge on any atom is -0.350 e. The van der Waals surface area contributed by atoms with E-state index < -0.39 is 5.54 Å². The van der Waals surface area contributed by atoms with Crippen molar-refractivity contribution in [2.45, 2.75) is 19.4 Å². The first-order valence-electron chi connectivity index (χ1n) is 4.31. The van der Waals surface area contributed by atoms with Crippen LogP contribution in [0.15, 0.2) is 13.6 Å². The van der Waals surface area contributed by atoms with Crippen LogP contribution in [0.5, 0.6) is 0 Å². The number of amides is 1. The summed E-state index contributed by atoms with van der Waals surface area (Å²) in [6.45, 7) is 4.18. The fourth-order valence-corrected chi connectivity index (χ4v) is 3.69. The molecule has 0 atom stereocenters. The van der Waals surface area contributed by atoms with Crippen molar-refractivity contribution in [1.82, 2.24) is 5.32 Å². The van der Waals surface area contributed by atoms with Gasteiger partial charge in [0.15, 0.2) is 0 Å². The van der Waals surface area contributed by atoms with Gasteiger partial charge in [0.1, 0.15) is 0 Å². The lowest BCUT2D eigenvalue weighted by atomic mass is 10.1. The second kappa shape index (κ2) is 6.35. The van der Waals surface area contributed by atoms with Gasteiger partial charge >= 0.3 is 0 Å². The van der Waals surface area contributed by atoms with Crippen molar-refractivity contribution < 1.29 is 4.79 Å². The third kappa shape index (κ3) is 5.14. The summed E-state index contributed by atoms with van der Waals surface area (Å²) in [7, 11) is 0. The lowest BCUT2D eigenvalue weighted by Crippen LogP contribution is -2.45. The molecule has 16 heavy (non-hydrogen) atoms. The molecular formula is C9H13Br2ClN2OS. The number of carbonyl (C=O) groups excluding carboxylic acids is 1. The Hall–Kier alpha value is 0.380. The standard InChI is InChI=1S/C9H12Br2N2OS.ClH/c1-9(2,12)4-13-8(14)5-3-6(10)15-7(5)11;/h3H,4,12H2,1-2H3,(H,13,14);1H. The van der Waals surface area contributed by atoms with Crippen LogP contribution >= 0.6 is 55.6 Å². The van der Waals surface area contributed by atoms with E-state index in [1.54, 1.807) is 6.07 Å². The number of rotatable bonds is 3. The molecule has 1 amide bonds. The van der Waals surface area contributed by atoms with E-state index in [2.05, 4.69) is 37.2 Å². The molecule has 0 aliphatic heterocycles. The van der Waals surface area contributed by atoms with Gasteiger partial charge < -0.3 is 11.1 Å². The van der Waals surface area contributed by atoms with E-state index in [4.69, 9.17) is 5.73 Å². The van der Waals surface area contributed by atoms with E-state index >= 15 is 0 Å². The summed E-state index contributed by atoms with van der Waals surface area (Å²) in [5, 5.41) is 2.78. The van der Waals surface area contributed by atoms with Crippen LogP contribution in [-0.4, -0.2) is 18.0 Å². The zero-order valence-corrected chi connectivity index (χ0v) is 13.6. The van der Waals surface area contributed by atoms with E-state index in [1.807, 2.05) is 13.8 Å². The Bertz CT molecular complexity index is 376. The molecule has 1 aromatic heterocycles. The Labute approximate surface area is 122 Å². The van der Waals surface area contributed by atoms with Crippen molar-refractivity contribution in [2.24, 2.45) is 5.73 Å². The highest BCUT2D eigenvalue weighted by molar-refractivity contribution is 9.12. The lowest BCUT2D eigenvalue weighted by molar-refractivity contribution is 0.0946. The molecule has 1 heterocycles. The molecular weight excluding hydrogens is 379 g/mol. The van der Waals surface area contributed by atoms with Gasteiger partial charge in [-0.05, 0) is 51.8 Å². The first kappa shape index (κ1) is 16.4. The smallest absolute Gasteiger partial charge is 0.253 e. The highest BCUT2D eigenvalue weighted by Gasteiger charge is 2.16. The monoisotopic (exact) mass is 390 g/mol. The van der Waals surface area contributed by atoms with Crippen LogP contribution in [0.3, 0.4) is 0 Å². The van der Waals surface area contributed by atoms with Gasteiger partial charge in [0.25, 0.3) is 5.91 Å². The molecule has 1 rings (SSSR count). The normalized spacial score (nSPS) is 10.8. The molecule has 0 bridgehead atoms. The van der Waals surface area contributed by atoms with Gasteiger partial charge in [0.2, 0.25) is 0 Å². The Balaban J connectivity index is 0.00000225. The van der Waals surface area contributed by atoms with Gasteiger partial charge in [0.05, 0.1) is 13.1 Å². The van der Waals surface area contributed by atoms with E-state index in [-0.39, 0.29) is 18.3 Å². The number of thiophene rings is 1. The number of hydrogen-bond acceptors (Lipinski definition) is 3. The van der Waals surface area contributed by atoms with Gasteiger partial charge in [-0.25, -0.2) is 0 Å². The zero-order chi connectivity index (χ0) is 11.6. The first-order chi connectivity index (χ1) is 6.79. The fourth-order valence-electron chi connectivity index (χ4n) is 0.898. The van der Waals surface area contributed by atoms with Crippen molar-refractivity contribution >= 4 is 61.5 Å². The molecule has 0 unspecified atom stereocenters. The van der Waals surface area contributed by atoms with Crippen LogP contribution in [0.1, 0.15) is 24.2 Å². The Morgan fingerprint density at radius 3 is 2.50 bits per heavy atom. The minimum atomic E-state index is -0.393. The summed E-state index contributed by atoms with van der Waals surface area (Å²) in [5.74, 6) is -0.109. The average molecular weight is 393 g/mol. The van der Waals surface area contributed by atoms with Crippen molar-refractivity contribution in [3.05, 3.63) is 19.2 Å². The zero-order valence-electron chi connectivity index (χ0n) is 8.84. The lowest BCUT2D eigenvalue weighted by Gasteiger charge is -2.18. The molecule has 7 heteroatoms. The molecule has 0 radical (unpaired) electrons. The van der Waals surface area contributed by atoms with Gasteiger partial charge in [-0.15, -0.1) is 23.7 Å². The van der Waals surface area contributed by atoms with E-state index in [0.717, 1.165) is 7.57 Å². The average Bonchev–Trinajstić information content (AvgIpc) is 2.40. The molecule has 0 saturated heterocycles. The Morgan fingerprint density at radius 2 is 2.12 bits per heavy atom. The van der Waals surface area contributed by atoms with Crippen LogP contribution in [-0.2, 0) is 0 Å². The Kier molecular flexibility index (Phi) is 6.50. The predicted molar refractivity (Wildman–Crippen MR) is 77.6 cm³/mol.